The van der Waals surface area contributed by atoms with Crippen molar-refractivity contribution >= 4 is 16.8 Å². The topological polar surface area (TPSA) is 63.1 Å². The molecule has 0 saturated carbocycles. The molecule has 0 spiro atoms. The van der Waals surface area contributed by atoms with Crippen molar-refractivity contribution in [1.82, 2.24) is 19.4 Å². The van der Waals surface area contributed by atoms with Crippen molar-refractivity contribution in [1.29, 1.82) is 0 Å². The standard InChI is InChI=1S/C19H22N4O2/c1-22-11-18(21-12-22)19(24)23-7-5-13(6-8-23)16-10-20-17-4-3-14(25-2)9-15(16)17/h3-4,9-13,20H,5-8H2,1-2H3. The lowest BCUT2D eigenvalue weighted by molar-refractivity contribution is 0.0708. The molecule has 1 aromatic carbocycles. The number of rotatable bonds is 3. The highest BCUT2D eigenvalue weighted by atomic mass is 16.5. The third kappa shape index (κ3) is 2.88. The number of aromatic nitrogens is 3. The molecule has 1 aliphatic rings. The van der Waals surface area contributed by atoms with Gasteiger partial charge in [-0.15, -0.1) is 0 Å². The summed E-state index contributed by atoms with van der Waals surface area (Å²) in [6.07, 6.45) is 7.47. The largest absolute Gasteiger partial charge is 0.497 e. The third-order valence-corrected chi connectivity index (χ3v) is 5.07. The first-order valence-corrected chi connectivity index (χ1v) is 8.58. The fraction of sp³-hybridized carbons (Fsp3) is 0.368. The van der Waals surface area contributed by atoms with Gasteiger partial charge >= 0.3 is 0 Å². The van der Waals surface area contributed by atoms with Gasteiger partial charge in [0.15, 0.2) is 0 Å². The fourth-order valence-electron chi connectivity index (χ4n) is 3.66. The predicted molar refractivity (Wildman–Crippen MR) is 95.9 cm³/mol. The number of aromatic amines is 1. The van der Waals surface area contributed by atoms with Crippen LogP contribution < -0.4 is 4.74 Å². The first-order valence-electron chi connectivity index (χ1n) is 8.58. The normalized spacial score (nSPS) is 15.7. The quantitative estimate of drug-likeness (QED) is 0.799. The summed E-state index contributed by atoms with van der Waals surface area (Å²) in [7, 11) is 3.57. The van der Waals surface area contributed by atoms with Crippen molar-refractivity contribution in [3.05, 3.63) is 48.2 Å². The number of carbonyl (C=O) groups excluding carboxylic acids is 1. The molecule has 0 radical (unpaired) electrons. The molecule has 2 aromatic heterocycles. The van der Waals surface area contributed by atoms with Crippen LogP contribution in [0.25, 0.3) is 10.9 Å². The van der Waals surface area contributed by atoms with Gasteiger partial charge in [-0.2, -0.15) is 0 Å². The van der Waals surface area contributed by atoms with Crippen LogP contribution in [0.5, 0.6) is 5.75 Å². The number of hydrogen-bond acceptors (Lipinski definition) is 3. The highest BCUT2D eigenvalue weighted by molar-refractivity contribution is 5.92. The van der Waals surface area contributed by atoms with E-state index >= 15 is 0 Å². The lowest BCUT2D eigenvalue weighted by Crippen LogP contribution is -2.38. The molecule has 0 aliphatic carbocycles. The Balaban J connectivity index is 1.49. The van der Waals surface area contributed by atoms with Gasteiger partial charge in [0.25, 0.3) is 5.91 Å². The summed E-state index contributed by atoms with van der Waals surface area (Å²) in [4.78, 5) is 22.0. The lowest BCUT2D eigenvalue weighted by Gasteiger charge is -2.31. The molecule has 0 unspecified atom stereocenters. The van der Waals surface area contributed by atoms with Crippen molar-refractivity contribution in [2.45, 2.75) is 18.8 Å². The second-order valence-electron chi connectivity index (χ2n) is 6.65. The van der Waals surface area contributed by atoms with Crippen LogP contribution >= 0.6 is 0 Å². The van der Waals surface area contributed by atoms with Gasteiger partial charge in [-0.3, -0.25) is 4.79 Å². The molecule has 0 atom stereocenters. The maximum atomic E-state index is 12.5. The molecule has 3 aromatic rings. The van der Waals surface area contributed by atoms with E-state index in [4.69, 9.17) is 4.74 Å². The number of nitrogens with one attached hydrogen (secondary N) is 1. The minimum Gasteiger partial charge on any atom is -0.497 e. The number of benzene rings is 1. The van der Waals surface area contributed by atoms with Crippen LogP contribution in [0.4, 0.5) is 0 Å². The second kappa shape index (κ2) is 6.27. The van der Waals surface area contributed by atoms with Gasteiger partial charge in [0.1, 0.15) is 11.4 Å². The average Bonchev–Trinajstić information content (AvgIpc) is 3.27. The molecule has 6 nitrogen and oxygen atoms in total. The number of H-pyrrole nitrogens is 1. The molecule has 25 heavy (non-hydrogen) atoms. The van der Waals surface area contributed by atoms with Gasteiger partial charge in [0, 0.05) is 43.4 Å². The molecule has 1 N–H and O–H groups in total. The molecule has 1 saturated heterocycles. The maximum absolute atomic E-state index is 12.5. The Hall–Kier alpha value is -2.76. The summed E-state index contributed by atoms with van der Waals surface area (Å²) >= 11 is 0. The van der Waals surface area contributed by atoms with Gasteiger partial charge in [0.05, 0.1) is 13.4 Å². The van der Waals surface area contributed by atoms with E-state index in [2.05, 4.69) is 28.3 Å². The van der Waals surface area contributed by atoms with Crippen molar-refractivity contribution in [3.8, 4) is 5.75 Å². The van der Waals surface area contributed by atoms with E-state index in [1.165, 1.54) is 10.9 Å². The molecular formula is C19H22N4O2. The van der Waals surface area contributed by atoms with Crippen LogP contribution in [-0.4, -0.2) is 45.5 Å². The van der Waals surface area contributed by atoms with Crippen molar-refractivity contribution < 1.29 is 9.53 Å². The average molecular weight is 338 g/mol. The van der Waals surface area contributed by atoms with Crippen LogP contribution in [0.1, 0.15) is 34.8 Å². The Bertz CT molecular complexity index is 903. The number of piperidine rings is 1. The van der Waals surface area contributed by atoms with E-state index in [9.17, 15) is 4.79 Å². The van der Waals surface area contributed by atoms with E-state index in [-0.39, 0.29) is 5.91 Å². The number of nitrogens with zero attached hydrogens (tertiary/aromatic N) is 3. The highest BCUT2D eigenvalue weighted by Gasteiger charge is 2.27. The van der Waals surface area contributed by atoms with Crippen molar-refractivity contribution in [2.24, 2.45) is 7.05 Å². The molecule has 4 rings (SSSR count). The van der Waals surface area contributed by atoms with Crippen LogP contribution in [0.15, 0.2) is 36.9 Å². The predicted octanol–water partition coefficient (Wildman–Crippen LogP) is 2.93. The molecule has 6 heteroatoms. The Kier molecular flexibility index (Phi) is 3.95. The minimum atomic E-state index is 0.0274. The molecule has 1 fully saturated rings. The Morgan fingerprint density at radius 2 is 2.12 bits per heavy atom. The minimum absolute atomic E-state index is 0.0274. The lowest BCUT2D eigenvalue weighted by atomic mass is 9.89. The number of methoxy groups -OCH3 is 1. The number of aryl methyl sites for hydroxylation is 1. The van der Waals surface area contributed by atoms with E-state index in [0.717, 1.165) is 37.2 Å². The number of hydrogen-bond donors (Lipinski definition) is 1. The second-order valence-corrected chi connectivity index (χ2v) is 6.65. The number of fused-ring (bicyclic) bond motifs is 1. The summed E-state index contributed by atoms with van der Waals surface area (Å²) in [6.45, 7) is 1.52. The van der Waals surface area contributed by atoms with Crippen LogP contribution in [0.2, 0.25) is 0 Å². The number of imidazole rings is 1. The smallest absolute Gasteiger partial charge is 0.274 e. The third-order valence-electron chi connectivity index (χ3n) is 5.07. The number of likely N-dealkylation sites (tertiary alicyclic amines) is 1. The van der Waals surface area contributed by atoms with E-state index in [1.807, 2.05) is 18.0 Å². The molecule has 1 amide bonds. The molecule has 1 aliphatic heterocycles. The Morgan fingerprint density at radius 1 is 1.32 bits per heavy atom. The SMILES string of the molecule is COc1ccc2[nH]cc(C3CCN(C(=O)c4cn(C)cn4)CC3)c2c1. The van der Waals surface area contributed by atoms with Gasteiger partial charge in [-0.1, -0.05) is 0 Å². The van der Waals surface area contributed by atoms with E-state index in [1.54, 1.807) is 24.2 Å². The summed E-state index contributed by atoms with van der Waals surface area (Å²) in [5.41, 5.74) is 2.97. The van der Waals surface area contributed by atoms with Crippen LogP contribution in [0, 0.1) is 0 Å². The van der Waals surface area contributed by atoms with Crippen LogP contribution in [-0.2, 0) is 7.05 Å². The number of ether oxygens (including phenoxy) is 1. The molecular weight excluding hydrogens is 316 g/mol. The monoisotopic (exact) mass is 338 g/mol. The first-order chi connectivity index (χ1) is 12.2. The zero-order valence-corrected chi connectivity index (χ0v) is 14.5. The summed E-state index contributed by atoms with van der Waals surface area (Å²) < 4.78 is 7.16. The zero-order valence-electron chi connectivity index (χ0n) is 14.5. The first kappa shape index (κ1) is 15.7. The molecule has 0 bridgehead atoms. The van der Waals surface area contributed by atoms with Gasteiger partial charge < -0.3 is 19.2 Å². The van der Waals surface area contributed by atoms with E-state index < -0.39 is 0 Å². The summed E-state index contributed by atoms with van der Waals surface area (Å²) in [5.74, 6) is 1.35. The molecule has 3 heterocycles. The van der Waals surface area contributed by atoms with Gasteiger partial charge in [0.2, 0.25) is 0 Å². The molecule has 130 valence electrons. The summed E-state index contributed by atoms with van der Waals surface area (Å²) in [6, 6.07) is 6.11. The van der Waals surface area contributed by atoms with Gasteiger partial charge in [-0.25, -0.2) is 4.98 Å². The Morgan fingerprint density at radius 3 is 2.80 bits per heavy atom. The van der Waals surface area contributed by atoms with E-state index in [0.29, 0.717) is 11.6 Å². The summed E-state index contributed by atoms with van der Waals surface area (Å²) in [5, 5.41) is 1.22. The number of carbonyl (C=O) groups is 1. The maximum Gasteiger partial charge on any atom is 0.274 e. The van der Waals surface area contributed by atoms with Crippen LogP contribution in [0.3, 0.4) is 0 Å². The highest BCUT2D eigenvalue weighted by Crippen LogP contribution is 2.34. The van der Waals surface area contributed by atoms with Gasteiger partial charge in [-0.05, 0) is 42.5 Å². The fourth-order valence-corrected chi connectivity index (χ4v) is 3.66. The Labute approximate surface area is 146 Å². The van der Waals surface area contributed by atoms with Crippen molar-refractivity contribution in [2.75, 3.05) is 20.2 Å². The van der Waals surface area contributed by atoms with Crippen molar-refractivity contribution in [3.63, 3.8) is 0 Å². The zero-order chi connectivity index (χ0) is 17.4. The number of amides is 1.